The fourth-order valence-electron chi connectivity index (χ4n) is 2.44. The summed E-state index contributed by atoms with van der Waals surface area (Å²) in [4.78, 5) is 23.8. The molecule has 0 radical (unpaired) electrons. The Hall–Kier alpha value is -2.76. The summed E-state index contributed by atoms with van der Waals surface area (Å²) < 4.78 is 10.2. The molecule has 0 atom stereocenters. The predicted molar refractivity (Wildman–Crippen MR) is 105 cm³/mol. The van der Waals surface area contributed by atoms with Gasteiger partial charge in [-0.2, -0.15) is 0 Å². The number of carbonyl (C=O) groups excluding carboxylic acids is 2. The first kappa shape index (κ1) is 19.0. The van der Waals surface area contributed by atoms with E-state index in [4.69, 9.17) is 32.7 Å². The summed E-state index contributed by atoms with van der Waals surface area (Å²) >= 11 is 11.7. The summed E-state index contributed by atoms with van der Waals surface area (Å²) in [5.74, 6) is -0.823. The summed E-state index contributed by atoms with van der Waals surface area (Å²) in [6, 6.07) is 17.9. The van der Waals surface area contributed by atoms with Crippen LogP contribution in [0.4, 0.5) is 5.69 Å². The molecule has 0 aliphatic rings. The molecule has 7 heteroatoms. The van der Waals surface area contributed by atoms with Crippen LogP contribution in [0, 0.1) is 0 Å². The number of hydrogen-bond donors (Lipinski definition) is 1. The van der Waals surface area contributed by atoms with Gasteiger partial charge in [0.2, 0.25) is 0 Å². The lowest BCUT2D eigenvalue weighted by Gasteiger charge is -2.10. The Morgan fingerprint density at radius 1 is 0.926 bits per heavy atom. The smallest absolute Gasteiger partial charge is 0.344 e. The van der Waals surface area contributed by atoms with Crippen LogP contribution in [0.1, 0.15) is 0 Å². The van der Waals surface area contributed by atoms with Crippen molar-refractivity contribution < 1.29 is 19.1 Å². The fraction of sp³-hybridized carbons (Fsp3) is 0.100. The van der Waals surface area contributed by atoms with Crippen molar-refractivity contribution in [3.8, 4) is 5.75 Å². The van der Waals surface area contributed by atoms with E-state index in [1.54, 1.807) is 18.2 Å². The Bertz CT molecular complexity index is 985. The van der Waals surface area contributed by atoms with E-state index in [0.717, 1.165) is 10.8 Å². The molecule has 0 aromatic heterocycles. The zero-order valence-corrected chi connectivity index (χ0v) is 15.6. The maximum atomic E-state index is 12.1. The van der Waals surface area contributed by atoms with Gasteiger partial charge in [0, 0.05) is 16.1 Å². The van der Waals surface area contributed by atoms with Gasteiger partial charge in [-0.15, -0.1) is 0 Å². The Labute approximate surface area is 165 Å². The first-order valence-electron chi connectivity index (χ1n) is 8.04. The molecule has 3 aromatic carbocycles. The number of fused-ring (bicyclic) bond motifs is 1. The minimum Gasteiger partial charge on any atom is -0.480 e. The summed E-state index contributed by atoms with van der Waals surface area (Å²) in [7, 11) is 0. The van der Waals surface area contributed by atoms with E-state index in [2.05, 4.69) is 5.32 Å². The molecule has 0 saturated heterocycles. The maximum absolute atomic E-state index is 12.1. The predicted octanol–water partition coefficient (Wildman–Crippen LogP) is 4.71. The van der Waals surface area contributed by atoms with Gasteiger partial charge in [0.25, 0.3) is 5.91 Å². The molecule has 3 aromatic rings. The fourth-order valence-corrected chi connectivity index (χ4v) is 2.90. The van der Waals surface area contributed by atoms with Gasteiger partial charge in [0.15, 0.2) is 13.2 Å². The Kier molecular flexibility index (Phi) is 6.16. The zero-order valence-electron chi connectivity index (χ0n) is 14.1. The van der Waals surface area contributed by atoms with Crippen LogP contribution >= 0.6 is 23.2 Å². The molecule has 27 heavy (non-hydrogen) atoms. The second-order valence-electron chi connectivity index (χ2n) is 5.60. The van der Waals surface area contributed by atoms with Crippen molar-refractivity contribution >= 4 is 51.5 Å². The second-order valence-corrected chi connectivity index (χ2v) is 6.44. The number of carbonyl (C=O) groups is 2. The number of amides is 1. The molecule has 138 valence electrons. The summed E-state index contributed by atoms with van der Waals surface area (Å²) in [5, 5.41) is 5.38. The van der Waals surface area contributed by atoms with Crippen LogP contribution in [0.15, 0.2) is 60.7 Å². The third kappa shape index (κ3) is 5.12. The first-order valence-corrected chi connectivity index (χ1v) is 8.79. The zero-order chi connectivity index (χ0) is 19.2. The van der Waals surface area contributed by atoms with Crippen molar-refractivity contribution in [2.45, 2.75) is 0 Å². The van der Waals surface area contributed by atoms with Crippen LogP contribution < -0.4 is 10.1 Å². The molecule has 0 unspecified atom stereocenters. The lowest BCUT2D eigenvalue weighted by atomic mass is 10.1. The monoisotopic (exact) mass is 403 g/mol. The molecule has 0 aliphatic heterocycles. The van der Waals surface area contributed by atoms with Gasteiger partial charge >= 0.3 is 5.97 Å². The highest BCUT2D eigenvalue weighted by atomic mass is 35.5. The molecule has 5 nitrogen and oxygen atoms in total. The SMILES string of the molecule is O=C(COC(=O)COc1ccc(Cl)cc1Cl)Nc1cccc2ccccc12. The minimum absolute atomic E-state index is 0.281. The Balaban J connectivity index is 1.50. The van der Waals surface area contributed by atoms with E-state index in [1.165, 1.54) is 6.07 Å². The molecule has 0 fully saturated rings. The van der Waals surface area contributed by atoms with Crippen LogP contribution in [0.5, 0.6) is 5.75 Å². The Morgan fingerprint density at radius 3 is 2.52 bits per heavy atom. The van der Waals surface area contributed by atoms with Crippen LogP contribution in [0.2, 0.25) is 10.0 Å². The lowest BCUT2D eigenvalue weighted by molar-refractivity contribution is -0.149. The molecule has 1 N–H and O–H groups in total. The number of halogens is 2. The maximum Gasteiger partial charge on any atom is 0.344 e. The Morgan fingerprint density at radius 2 is 1.70 bits per heavy atom. The summed E-state index contributed by atoms with van der Waals surface area (Å²) in [6.45, 7) is -0.789. The van der Waals surface area contributed by atoms with Crippen LogP contribution in [0.3, 0.4) is 0 Å². The number of rotatable bonds is 6. The summed E-state index contributed by atoms with van der Waals surface area (Å²) in [6.07, 6.45) is 0. The quantitative estimate of drug-likeness (QED) is 0.605. The minimum atomic E-state index is -0.686. The van der Waals surface area contributed by atoms with E-state index in [0.29, 0.717) is 16.5 Å². The topological polar surface area (TPSA) is 64.6 Å². The van der Waals surface area contributed by atoms with E-state index in [9.17, 15) is 9.59 Å². The highest BCUT2D eigenvalue weighted by Gasteiger charge is 2.11. The van der Waals surface area contributed by atoms with Gasteiger partial charge in [-0.25, -0.2) is 4.79 Å². The second kappa shape index (κ2) is 8.75. The average molecular weight is 404 g/mol. The number of anilines is 1. The molecule has 0 aliphatic carbocycles. The number of ether oxygens (including phenoxy) is 2. The third-order valence-electron chi connectivity index (χ3n) is 3.67. The molecular formula is C20H15Cl2NO4. The van der Waals surface area contributed by atoms with E-state index >= 15 is 0 Å². The number of esters is 1. The first-order chi connectivity index (χ1) is 13.0. The van der Waals surface area contributed by atoms with Crippen molar-refractivity contribution in [1.82, 2.24) is 0 Å². The number of benzene rings is 3. The van der Waals surface area contributed by atoms with Crippen molar-refractivity contribution in [3.63, 3.8) is 0 Å². The van der Waals surface area contributed by atoms with Crippen molar-refractivity contribution in [2.24, 2.45) is 0 Å². The molecule has 0 saturated carbocycles. The molecule has 0 heterocycles. The van der Waals surface area contributed by atoms with E-state index in [-0.39, 0.29) is 11.6 Å². The lowest BCUT2D eigenvalue weighted by Crippen LogP contribution is -2.23. The van der Waals surface area contributed by atoms with Crippen LogP contribution in [-0.4, -0.2) is 25.1 Å². The van der Waals surface area contributed by atoms with Crippen molar-refractivity contribution in [3.05, 3.63) is 70.7 Å². The van der Waals surface area contributed by atoms with Crippen LogP contribution in [0.25, 0.3) is 10.8 Å². The van der Waals surface area contributed by atoms with E-state index < -0.39 is 18.5 Å². The number of nitrogens with one attached hydrogen (secondary N) is 1. The highest BCUT2D eigenvalue weighted by molar-refractivity contribution is 6.35. The molecule has 0 bridgehead atoms. The normalized spacial score (nSPS) is 10.4. The molecule has 1 amide bonds. The number of hydrogen-bond acceptors (Lipinski definition) is 4. The van der Waals surface area contributed by atoms with Gasteiger partial charge in [0.1, 0.15) is 5.75 Å². The van der Waals surface area contributed by atoms with Gasteiger partial charge in [0.05, 0.1) is 5.02 Å². The largest absolute Gasteiger partial charge is 0.480 e. The standard InChI is InChI=1S/C20H15Cl2NO4/c21-14-8-9-18(16(22)10-14)26-12-20(25)27-11-19(24)23-17-7-3-5-13-4-1-2-6-15(13)17/h1-10H,11-12H2,(H,23,24). The summed E-state index contributed by atoms with van der Waals surface area (Å²) in [5.41, 5.74) is 0.651. The van der Waals surface area contributed by atoms with Gasteiger partial charge in [-0.1, -0.05) is 59.6 Å². The average Bonchev–Trinajstić information content (AvgIpc) is 2.66. The van der Waals surface area contributed by atoms with Gasteiger partial charge in [-0.05, 0) is 29.7 Å². The highest BCUT2D eigenvalue weighted by Crippen LogP contribution is 2.27. The molecule has 3 rings (SSSR count). The third-order valence-corrected chi connectivity index (χ3v) is 4.20. The van der Waals surface area contributed by atoms with Gasteiger partial charge in [-0.3, -0.25) is 4.79 Å². The molecule has 0 spiro atoms. The van der Waals surface area contributed by atoms with Gasteiger partial charge < -0.3 is 14.8 Å². The van der Waals surface area contributed by atoms with Crippen LogP contribution in [-0.2, 0) is 14.3 Å². The molecular weight excluding hydrogens is 389 g/mol. The van der Waals surface area contributed by atoms with E-state index in [1.807, 2.05) is 36.4 Å². The van der Waals surface area contributed by atoms with Crippen molar-refractivity contribution in [2.75, 3.05) is 18.5 Å². The van der Waals surface area contributed by atoms with Crippen molar-refractivity contribution in [1.29, 1.82) is 0 Å².